The highest BCUT2D eigenvalue weighted by atomic mass is 32.2. The van der Waals surface area contributed by atoms with E-state index in [4.69, 9.17) is 4.74 Å². The lowest BCUT2D eigenvalue weighted by atomic mass is 9.97. The van der Waals surface area contributed by atoms with Gasteiger partial charge in [-0.1, -0.05) is 25.1 Å². The number of pyridine rings is 2. The van der Waals surface area contributed by atoms with Crippen molar-refractivity contribution in [2.75, 3.05) is 11.4 Å². The molecule has 1 aromatic carbocycles. The minimum atomic E-state index is -4.34. The first-order valence-corrected chi connectivity index (χ1v) is 12.2. The van der Waals surface area contributed by atoms with Gasteiger partial charge in [0, 0.05) is 24.3 Å². The van der Waals surface area contributed by atoms with Gasteiger partial charge >= 0.3 is 0 Å². The van der Waals surface area contributed by atoms with Crippen molar-refractivity contribution in [1.82, 2.24) is 14.7 Å². The van der Waals surface area contributed by atoms with Crippen molar-refractivity contribution in [1.29, 1.82) is 0 Å². The zero-order chi connectivity index (χ0) is 24.5. The second-order valence-electron chi connectivity index (χ2n) is 8.89. The molecule has 0 radical (unpaired) electrons. The van der Waals surface area contributed by atoms with Crippen LogP contribution in [0.4, 0.5) is 10.2 Å². The first-order chi connectivity index (χ1) is 16.1. The minimum Gasteiger partial charge on any atom is -0.436 e. The van der Waals surface area contributed by atoms with Gasteiger partial charge in [-0.25, -0.2) is 14.1 Å². The monoisotopic (exact) mass is 484 g/mol. The number of nitrogens with zero attached hydrogens (tertiary/aromatic N) is 3. The summed E-state index contributed by atoms with van der Waals surface area (Å²) in [5.74, 6) is -0.840. The number of para-hydroxylation sites is 1. The van der Waals surface area contributed by atoms with Gasteiger partial charge in [0.05, 0.1) is 5.56 Å². The standard InChI is InChI=1S/C24H25FN4O4S/c1-16-14-24(2,3)29(15-16)22-17(8-7-13-26-22)23(30)28-34(31,32)21-12-6-11-20(27-21)33-19-10-5-4-9-18(19)25/h4-13,16H,14-15H2,1-3H3,(H,28,30). The highest BCUT2D eigenvalue weighted by molar-refractivity contribution is 7.90. The van der Waals surface area contributed by atoms with Crippen LogP contribution in [0.25, 0.3) is 0 Å². The molecule has 0 aliphatic carbocycles. The Morgan fingerprint density at radius 1 is 1.15 bits per heavy atom. The quantitative estimate of drug-likeness (QED) is 0.561. The van der Waals surface area contributed by atoms with Crippen LogP contribution in [0, 0.1) is 11.7 Å². The van der Waals surface area contributed by atoms with Crippen molar-refractivity contribution in [3.8, 4) is 11.6 Å². The third-order valence-corrected chi connectivity index (χ3v) is 6.84. The number of ether oxygens (including phenoxy) is 1. The summed E-state index contributed by atoms with van der Waals surface area (Å²) >= 11 is 0. The van der Waals surface area contributed by atoms with Crippen molar-refractivity contribution in [3.63, 3.8) is 0 Å². The van der Waals surface area contributed by atoms with E-state index in [1.165, 1.54) is 42.5 Å². The highest BCUT2D eigenvalue weighted by Crippen LogP contribution is 2.37. The van der Waals surface area contributed by atoms with Crippen LogP contribution in [-0.2, 0) is 10.0 Å². The van der Waals surface area contributed by atoms with Crippen LogP contribution in [0.5, 0.6) is 11.6 Å². The molecular weight excluding hydrogens is 459 g/mol. The zero-order valence-corrected chi connectivity index (χ0v) is 19.8. The van der Waals surface area contributed by atoms with E-state index in [2.05, 4.69) is 35.5 Å². The Kier molecular flexibility index (Phi) is 6.26. The van der Waals surface area contributed by atoms with Crippen molar-refractivity contribution in [2.45, 2.75) is 37.8 Å². The summed E-state index contributed by atoms with van der Waals surface area (Å²) in [6, 6.07) is 12.8. The number of carbonyl (C=O) groups is 1. The maximum atomic E-state index is 13.9. The molecule has 3 aromatic rings. The van der Waals surface area contributed by atoms with E-state index in [-0.39, 0.29) is 22.7 Å². The van der Waals surface area contributed by atoms with E-state index >= 15 is 0 Å². The molecule has 178 valence electrons. The molecule has 8 nitrogen and oxygen atoms in total. The molecular formula is C24H25FN4O4S. The van der Waals surface area contributed by atoms with Crippen LogP contribution < -0.4 is 14.4 Å². The summed E-state index contributed by atoms with van der Waals surface area (Å²) in [6.07, 6.45) is 2.49. The summed E-state index contributed by atoms with van der Waals surface area (Å²) in [6.45, 7) is 6.95. The lowest BCUT2D eigenvalue weighted by molar-refractivity contribution is 0.0981. The molecule has 0 bridgehead atoms. The molecule has 1 aliphatic heterocycles. The Morgan fingerprint density at radius 2 is 1.91 bits per heavy atom. The fourth-order valence-electron chi connectivity index (χ4n) is 4.22. The maximum Gasteiger partial charge on any atom is 0.281 e. The molecule has 3 heterocycles. The number of aromatic nitrogens is 2. The molecule has 1 fully saturated rings. The van der Waals surface area contributed by atoms with Gasteiger partial charge in [-0.15, -0.1) is 0 Å². The number of amides is 1. The van der Waals surface area contributed by atoms with Crippen LogP contribution in [0.3, 0.4) is 0 Å². The Balaban J connectivity index is 1.58. The molecule has 0 spiro atoms. The van der Waals surface area contributed by atoms with E-state index in [1.807, 2.05) is 4.90 Å². The van der Waals surface area contributed by atoms with E-state index in [0.717, 1.165) is 6.42 Å². The summed E-state index contributed by atoms with van der Waals surface area (Å²) in [4.78, 5) is 23.4. The number of hydrogen-bond acceptors (Lipinski definition) is 7. The van der Waals surface area contributed by atoms with Gasteiger partial charge in [-0.2, -0.15) is 13.4 Å². The van der Waals surface area contributed by atoms with E-state index in [9.17, 15) is 17.6 Å². The number of hydrogen-bond donors (Lipinski definition) is 1. The van der Waals surface area contributed by atoms with Gasteiger partial charge in [-0.3, -0.25) is 4.79 Å². The number of carbonyl (C=O) groups excluding carboxylic acids is 1. The fraction of sp³-hybridized carbons (Fsp3) is 0.292. The van der Waals surface area contributed by atoms with Gasteiger partial charge in [0.2, 0.25) is 5.88 Å². The van der Waals surface area contributed by atoms with Gasteiger partial charge < -0.3 is 9.64 Å². The van der Waals surface area contributed by atoms with Crippen molar-refractivity contribution in [3.05, 3.63) is 72.2 Å². The molecule has 1 atom stereocenters. The Hall–Kier alpha value is -3.53. The Labute approximate surface area is 197 Å². The van der Waals surface area contributed by atoms with E-state index in [0.29, 0.717) is 18.3 Å². The van der Waals surface area contributed by atoms with Crippen molar-refractivity contribution < 1.29 is 22.3 Å². The molecule has 4 rings (SSSR count). The van der Waals surface area contributed by atoms with Gasteiger partial charge in [-0.05, 0) is 56.5 Å². The van der Waals surface area contributed by atoms with Crippen molar-refractivity contribution in [2.24, 2.45) is 5.92 Å². The summed E-state index contributed by atoms with van der Waals surface area (Å²) in [7, 11) is -4.34. The SMILES string of the molecule is CC1CN(c2ncccc2C(=O)NS(=O)(=O)c2cccc(Oc3ccccc3F)n2)C(C)(C)C1. The topological polar surface area (TPSA) is 101 Å². The lowest BCUT2D eigenvalue weighted by Gasteiger charge is -2.33. The van der Waals surface area contributed by atoms with E-state index in [1.54, 1.807) is 18.3 Å². The molecule has 1 unspecified atom stereocenters. The Morgan fingerprint density at radius 3 is 2.62 bits per heavy atom. The zero-order valence-electron chi connectivity index (χ0n) is 19.0. The number of anilines is 1. The molecule has 0 saturated carbocycles. The lowest BCUT2D eigenvalue weighted by Crippen LogP contribution is -2.41. The molecule has 34 heavy (non-hydrogen) atoms. The number of rotatable bonds is 6. The predicted octanol–water partition coefficient (Wildman–Crippen LogP) is 4.15. The minimum absolute atomic E-state index is 0.101. The Bertz CT molecular complexity index is 1330. The summed E-state index contributed by atoms with van der Waals surface area (Å²) in [5.41, 5.74) is -0.0891. The third-order valence-electron chi connectivity index (χ3n) is 5.61. The van der Waals surface area contributed by atoms with Crippen LogP contribution in [-0.4, -0.2) is 36.4 Å². The molecule has 1 amide bonds. The fourth-order valence-corrected chi connectivity index (χ4v) is 5.15. The van der Waals surface area contributed by atoms with Gasteiger partial charge in [0.15, 0.2) is 16.6 Å². The van der Waals surface area contributed by atoms with Crippen LogP contribution in [0.2, 0.25) is 0 Å². The molecule has 10 heteroatoms. The normalized spacial score (nSPS) is 17.4. The number of nitrogens with one attached hydrogen (secondary N) is 1. The molecule has 1 aliphatic rings. The first-order valence-electron chi connectivity index (χ1n) is 10.8. The predicted molar refractivity (Wildman–Crippen MR) is 125 cm³/mol. The van der Waals surface area contributed by atoms with Gasteiger partial charge in [0.1, 0.15) is 5.82 Å². The number of benzene rings is 1. The van der Waals surface area contributed by atoms with Crippen LogP contribution >= 0.6 is 0 Å². The highest BCUT2D eigenvalue weighted by Gasteiger charge is 2.39. The molecule has 1 saturated heterocycles. The second-order valence-corrected chi connectivity index (χ2v) is 10.5. The van der Waals surface area contributed by atoms with Gasteiger partial charge in [0.25, 0.3) is 15.9 Å². The average Bonchev–Trinajstić information content (AvgIpc) is 3.07. The number of sulfonamides is 1. The second kappa shape index (κ2) is 9.02. The number of halogens is 1. The molecule has 1 N–H and O–H groups in total. The first kappa shape index (κ1) is 23.6. The largest absolute Gasteiger partial charge is 0.436 e. The molecule has 2 aromatic heterocycles. The maximum absolute atomic E-state index is 13.9. The van der Waals surface area contributed by atoms with Crippen LogP contribution in [0.15, 0.2) is 65.8 Å². The summed E-state index contributed by atoms with van der Waals surface area (Å²) < 4.78 is 47.2. The average molecular weight is 485 g/mol. The van der Waals surface area contributed by atoms with Crippen LogP contribution in [0.1, 0.15) is 37.6 Å². The third kappa shape index (κ3) is 4.86. The summed E-state index contributed by atoms with van der Waals surface area (Å²) in [5, 5.41) is -0.435. The van der Waals surface area contributed by atoms with E-state index < -0.39 is 26.8 Å². The van der Waals surface area contributed by atoms with Crippen molar-refractivity contribution >= 4 is 21.7 Å². The smallest absolute Gasteiger partial charge is 0.281 e.